The molecule has 1 atom stereocenters. The summed E-state index contributed by atoms with van der Waals surface area (Å²) in [5.41, 5.74) is 0.639. The average molecular weight is 408 g/mol. The van der Waals surface area contributed by atoms with Crippen molar-refractivity contribution in [1.82, 2.24) is 20.9 Å². The first-order valence-corrected chi connectivity index (χ1v) is 10.5. The highest BCUT2D eigenvalue weighted by Crippen LogP contribution is 2.14. The van der Waals surface area contributed by atoms with Crippen molar-refractivity contribution in [3.63, 3.8) is 0 Å². The van der Waals surface area contributed by atoms with Gasteiger partial charge in [-0.05, 0) is 43.9 Å². The van der Waals surface area contributed by atoms with Crippen LogP contribution in [0.25, 0.3) is 0 Å². The van der Waals surface area contributed by atoms with Gasteiger partial charge < -0.3 is 21.1 Å². The number of aliphatic imine (C=N–C) groups is 1. The Morgan fingerprint density at radius 1 is 1.24 bits per heavy atom. The van der Waals surface area contributed by atoms with Crippen LogP contribution in [-0.4, -0.2) is 67.2 Å². The first kappa shape index (κ1) is 23.1. The molecule has 1 saturated heterocycles. The maximum atomic E-state index is 13.0. The molecule has 1 aliphatic heterocycles. The van der Waals surface area contributed by atoms with Gasteiger partial charge in [0.2, 0.25) is 5.91 Å². The van der Waals surface area contributed by atoms with E-state index >= 15 is 0 Å². The molecule has 0 aromatic heterocycles. The minimum absolute atomic E-state index is 0.0861. The first-order valence-electron chi connectivity index (χ1n) is 10.5. The number of hydrogen-bond donors (Lipinski definition) is 4. The molecule has 162 valence electrons. The second-order valence-corrected chi connectivity index (χ2v) is 7.33. The summed E-state index contributed by atoms with van der Waals surface area (Å²) in [6, 6.07) is 6.08. The van der Waals surface area contributed by atoms with Crippen molar-refractivity contribution in [3.8, 4) is 0 Å². The summed E-state index contributed by atoms with van der Waals surface area (Å²) in [6.07, 6.45) is 2.01. The summed E-state index contributed by atoms with van der Waals surface area (Å²) in [7, 11) is 0. The molecule has 1 aliphatic rings. The average Bonchev–Trinajstić information content (AvgIpc) is 2.72. The molecule has 1 aromatic rings. The third-order valence-corrected chi connectivity index (χ3v) is 4.89. The second kappa shape index (κ2) is 12.4. The summed E-state index contributed by atoms with van der Waals surface area (Å²) < 4.78 is 13.0. The van der Waals surface area contributed by atoms with Gasteiger partial charge in [0.1, 0.15) is 5.82 Å². The van der Waals surface area contributed by atoms with Gasteiger partial charge in [-0.2, -0.15) is 0 Å². The molecule has 1 aromatic carbocycles. The van der Waals surface area contributed by atoms with E-state index in [0.29, 0.717) is 18.1 Å². The molecular weight excluding hydrogens is 373 g/mol. The van der Waals surface area contributed by atoms with E-state index in [1.165, 1.54) is 12.1 Å². The highest BCUT2D eigenvalue weighted by Gasteiger charge is 2.21. The molecule has 4 N–H and O–H groups in total. The standard InChI is InChI=1S/C21H34FN5O2/c1-3-11-24-20(29)15-27-12-9-18(10-13-27)26-21(23-4-2)25-14-19(28)16-5-7-17(22)8-6-16/h5-8,18-19,28H,3-4,9-15H2,1-2H3,(H,24,29)(H2,23,25,26). The Balaban J connectivity index is 1.80. The van der Waals surface area contributed by atoms with Gasteiger partial charge in [0.25, 0.3) is 0 Å². The fraction of sp³-hybridized carbons (Fsp3) is 0.619. The smallest absolute Gasteiger partial charge is 0.234 e. The normalized spacial score (nSPS) is 17.0. The summed E-state index contributed by atoms with van der Waals surface area (Å²) in [4.78, 5) is 18.5. The van der Waals surface area contributed by atoms with Crippen LogP contribution < -0.4 is 16.0 Å². The summed E-state index contributed by atoms with van der Waals surface area (Å²) >= 11 is 0. The van der Waals surface area contributed by atoms with E-state index in [-0.39, 0.29) is 24.3 Å². The number of carbonyl (C=O) groups is 1. The van der Waals surface area contributed by atoms with Gasteiger partial charge >= 0.3 is 0 Å². The van der Waals surface area contributed by atoms with E-state index in [0.717, 1.165) is 45.4 Å². The fourth-order valence-corrected chi connectivity index (χ4v) is 3.24. The zero-order chi connectivity index (χ0) is 21.1. The Morgan fingerprint density at radius 3 is 2.55 bits per heavy atom. The molecule has 0 radical (unpaired) electrons. The maximum absolute atomic E-state index is 13.0. The molecule has 0 saturated carbocycles. The Hall–Kier alpha value is -2.19. The number of aliphatic hydroxyl groups excluding tert-OH is 1. The van der Waals surface area contributed by atoms with Crippen molar-refractivity contribution in [2.45, 2.75) is 45.3 Å². The molecule has 1 heterocycles. The van der Waals surface area contributed by atoms with Gasteiger partial charge in [0.15, 0.2) is 5.96 Å². The number of piperidine rings is 1. The van der Waals surface area contributed by atoms with Gasteiger partial charge in [-0.15, -0.1) is 0 Å². The molecule has 7 nitrogen and oxygen atoms in total. The molecule has 0 aliphatic carbocycles. The van der Waals surface area contributed by atoms with E-state index in [1.54, 1.807) is 12.1 Å². The number of likely N-dealkylation sites (tertiary alicyclic amines) is 1. The van der Waals surface area contributed by atoms with E-state index in [4.69, 9.17) is 0 Å². The highest BCUT2D eigenvalue weighted by molar-refractivity contribution is 5.80. The number of amides is 1. The van der Waals surface area contributed by atoms with E-state index < -0.39 is 6.10 Å². The van der Waals surface area contributed by atoms with E-state index in [9.17, 15) is 14.3 Å². The molecule has 29 heavy (non-hydrogen) atoms. The number of rotatable bonds is 9. The van der Waals surface area contributed by atoms with Gasteiger partial charge in [0, 0.05) is 32.2 Å². The molecule has 0 spiro atoms. The van der Waals surface area contributed by atoms with Crippen molar-refractivity contribution in [2.24, 2.45) is 4.99 Å². The van der Waals surface area contributed by atoms with Crippen LogP contribution in [0, 0.1) is 5.82 Å². The number of nitrogens with one attached hydrogen (secondary N) is 3. The third-order valence-electron chi connectivity index (χ3n) is 4.89. The number of aliphatic hydroxyl groups is 1. The number of carbonyl (C=O) groups excluding carboxylic acids is 1. The Kier molecular flexibility index (Phi) is 9.87. The van der Waals surface area contributed by atoms with Gasteiger partial charge in [-0.25, -0.2) is 4.39 Å². The molecule has 0 bridgehead atoms. The Morgan fingerprint density at radius 2 is 1.93 bits per heavy atom. The second-order valence-electron chi connectivity index (χ2n) is 7.33. The monoisotopic (exact) mass is 407 g/mol. The predicted molar refractivity (Wildman–Crippen MR) is 113 cm³/mol. The zero-order valence-electron chi connectivity index (χ0n) is 17.5. The van der Waals surface area contributed by atoms with Crippen LogP contribution in [-0.2, 0) is 4.79 Å². The molecule has 1 fully saturated rings. The topological polar surface area (TPSA) is 89.0 Å². The first-order chi connectivity index (χ1) is 14.0. The van der Waals surface area contributed by atoms with Gasteiger partial charge in [-0.3, -0.25) is 14.7 Å². The number of benzene rings is 1. The van der Waals surface area contributed by atoms with Crippen LogP contribution in [0.3, 0.4) is 0 Å². The Labute approximate surface area is 172 Å². The van der Waals surface area contributed by atoms with Crippen molar-refractivity contribution < 1.29 is 14.3 Å². The number of hydrogen-bond acceptors (Lipinski definition) is 4. The molecule has 8 heteroatoms. The number of nitrogens with zero attached hydrogens (tertiary/aromatic N) is 2. The van der Waals surface area contributed by atoms with Crippen LogP contribution >= 0.6 is 0 Å². The predicted octanol–water partition coefficient (Wildman–Crippen LogP) is 1.40. The molecule has 1 unspecified atom stereocenters. The van der Waals surface area contributed by atoms with Crippen molar-refractivity contribution in [1.29, 1.82) is 0 Å². The molecule has 2 rings (SSSR count). The number of guanidine groups is 1. The Bertz CT molecular complexity index is 645. The minimum atomic E-state index is -0.783. The molecule has 1 amide bonds. The van der Waals surface area contributed by atoms with Crippen LogP contribution in [0.4, 0.5) is 4.39 Å². The van der Waals surface area contributed by atoms with Crippen LogP contribution in [0.2, 0.25) is 0 Å². The third kappa shape index (κ3) is 8.37. The van der Waals surface area contributed by atoms with E-state index in [2.05, 4.69) is 25.8 Å². The largest absolute Gasteiger partial charge is 0.386 e. The lowest BCUT2D eigenvalue weighted by Crippen LogP contribution is -2.50. The van der Waals surface area contributed by atoms with Crippen molar-refractivity contribution in [2.75, 3.05) is 39.3 Å². The van der Waals surface area contributed by atoms with E-state index in [1.807, 2.05) is 13.8 Å². The lowest BCUT2D eigenvalue weighted by molar-refractivity contribution is -0.122. The summed E-state index contributed by atoms with van der Waals surface area (Å²) in [6.45, 7) is 7.83. The van der Waals surface area contributed by atoms with Crippen molar-refractivity contribution >= 4 is 11.9 Å². The van der Waals surface area contributed by atoms with Crippen LogP contribution in [0.15, 0.2) is 29.3 Å². The number of halogens is 1. The zero-order valence-corrected chi connectivity index (χ0v) is 17.5. The maximum Gasteiger partial charge on any atom is 0.234 e. The van der Waals surface area contributed by atoms with Gasteiger partial charge in [0.05, 0.1) is 19.2 Å². The van der Waals surface area contributed by atoms with Gasteiger partial charge in [-0.1, -0.05) is 19.1 Å². The van der Waals surface area contributed by atoms with Crippen LogP contribution in [0.5, 0.6) is 0 Å². The van der Waals surface area contributed by atoms with Crippen molar-refractivity contribution in [3.05, 3.63) is 35.6 Å². The van der Waals surface area contributed by atoms with Crippen LogP contribution in [0.1, 0.15) is 44.8 Å². The quantitative estimate of drug-likeness (QED) is 0.367. The highest BCUT2D eigenvalue weighted by atomic mass is 19.1. The fourth-order valence-electron chi connectivity index (χ4n) is 3.24. The lowest BCUT2D eigenvalue weighted by atomic mass is 10.1. The summed E-state index contributed by atoms with van der Waals surface area (Å²) in [5.74, 6) is 0.421. The summed E-state index contributed by atoms with van der Waals surface area (Å²) in [5, 5.41) is 19.8. The molecular formula is C21H34FN5O2. The minimum Gasteiger partial charge on any atom is -0.386 e. The lowest BCUT2D eigenvalue weighted by Gasteiger charge is -2.32. The SMILES string of the molecule is CCCNC(=O)CN1CCC(NC(=NCC(O)c2ccc(F)cc2)NCC)CC1.